The number of carboxylic acid groups (broad SMARTS) is 1. The number of aliphatic carboxylic acids is 1. The lowest BCUT2D eigenvalue weighted by Crippen LogP contribution is -2.15. The van der Waals surface area contributed by atoms with Gasteiger partial charge in [-0.15, -0.1) is 0 Å². The third kappa shape index (κ3) is 11.4. The molecule has 2 heteroatoms. The van der Waals surface area contributed by atoms with Crippen LogP contribution >= 0.6 is 0 Å². The molecule has 0 spiro atoms. The average Bonchev–Trinajstić information content (AvgIpc) is 3.35. The summed E-state index contributed by atoms with van der Waals surface area (Å²) in [6.45, 7) is 2.26. The summed E-state index contributed by atoms with van der Waals surface area (Å²) in [5, 5.41) is 9.18. The van der Waals surface area contributed by atoms with Gasteiger partial charge in [-0.2, -0.15) is 0 Å². The highest BCUT2D eigenvalue weighted by atomic mass is 16.4. The molecule has 0 bridgehead atoms. The van der Waals surface area contributed by atoms with Crippen LogP contribution in [-0.2, 0) is 4.79 Å². The van der Waals surface area contributed by atoms with Gasteiger partial charge in [0.15, 0.2) is 0 Å². The standard InChI is InChI=1S/C21H38O2/c1-2-3-4-5-6-7-8-9-10-11-12-13-14-15-16-20(21(22)23)19-17-18-19/h9-10,19-20H,2-8,11-18H2,1H3,(H,22,23)/b10-9-. The van der Waals surface area contributed by atoms with Gasteiger partial charge in [0.05, 0.1) is 5.92 Å². The summed E-state index contributed by atoms with van der Waals surface area (Å²) in [6, 6.07) is 0. The van der Waals surface area contributed by atoms with Crippen LogP contribution in [0.5, 0.6) is 0 Å². The summed E-state index contributed by atoms with van der Waals surface area (Å²) in [5.74, 6) is -0.116. The normalized spacial score (nSPS) is 16.0. The molecule has 1 fully saturated rings. The van der Waals surface area contributed by atoms with Crippen LogP contribution in [0.2, 0.25) is 0 Å². The molecule has 1 unspecified atom stereocenters. The fourth-order valence-electron chi connectivity index (χ4n) is 3.32. The van der Waals surface area contributed by atoms with E-state index in [-0.39, 0.29) is 5.92 Å². The van der Waals surface area contributed by atoms with Crippen molar-refractivity contribution in [1.29, 1.82) is 0 Å². The molecule has 23 heavy (non-hydrogen) atoms. The molecule has 1 N–H and O–H groups in total. The predicted octanol–water partition coefficient (Wildman–Crippen LogP) is 6.74. The molecule has 1 atom stereocenters. The molecule has 0 aromatic heterocycles. The minimum Gasteiger partial charge on any atom is -0.481 e. The van der Waals surface area contributed by atoms with Crippen LogP contribution < -0.4 is 0 Å². The van der Waals surface area contributed by atoms with Crippen LogP contribution in [-0.4, -0.2) is 11.1 Å². The lowest BCUT2D eigenvalue weighted by atomic mass is 9.96. The van der Waals surface area contributed by atoms with Gasteiger partial charge >= 0.3 is 5.97 Å². The van der Waals surface area contributed by atoms with Crippen molar-refractivity contribution in [1.82, 2.24) is 0 Å². The van der Waals surface area contributed by atoms with Gasteiger partial charge < -0.3 is 5.11 Å². The molecule has 134 valence electrons. The number of allylic oxidation sites excluding steroid dienone is 2. The maximum absolute atomic E-state index is 11.1. The third-order valence-electron chi connectivity index (χ3n) is 5.04. The van der Waals surface area contributed by atoms with Crippen molar-refractivity contribution in [3.05, 3.63) is 12.2 Å². The molecule has 1 aliphatic carbocycles. The molecule has 0 radical (unpaired) electrons. The zero-order valence-corrected chi connectivity index (χ0v) is 15.3. The second-order valence-electron chi connectivity index (χ2n) is 7.30. The van der Waals surface area contributed by atoms with E-state index in [9.17, 15) is 9.90 Å². The molecule has 0 heterocycles. The monoisotopic (exact) mass is 322 g/mol. The van der Waals surface area contributed by atoms with Gasteiger partial charge in [0.1, 0.15) is 0 Å². The Labute approximate surface area is 143 Å². The highest BCUT2D eigenvalue weighted by molar-refractivity contribution is 5.70. The van der Waals surface area contributed by atoms with Crippen LogP contribution in [0.15, 0.2) is 12.2 Å². The van der Waals surface area contributed by atoms with Crippen molar-refractivity contribution in [3.8, 4) is 0 Å². The van der Waals surface area contributed by atoms with Gasteiger partial charge in [-0.3, -0.25) is 4.79 Å². The smallest absolute Gasteiger partial charge is 0.306 e. The largest absolute Gasteiger partial charge is 0.481 e. The first kappa shape index (κ1) is 20.3. The molecule has 0 aromatic rings. The number of rotatable bonds is 16. The number of carboxylic acids is 1. The zero-order valence-electron chi connectivity index (χ0n) is 15.3. The first-order chi connectivity index (χ1) is 11.3. The van der Waals surface area contributed by atoms with Gasteiger partial charge in [0.2, 0.25) is 0 Å². The lowest BCUT2D eigenvalue weighted by molar-refractivity contribution is -0.142. The van der Waals surface area contributed by atoms with Crippen molar-refractivity contribution in [2.45, 2.75) is 103 Å². The van der Waals surface area contributed by atoms with Crippen molar-refractivity contribution in [2.24, 2.45) is 11.8 Å². The van der Waals surface area contributed by atoms with Gasteiger partial charge in [0.25, 0.3) is 0 Å². The molecule has 0 aromatic carbocycles. The van der Waals surface area contributed by atoms with E-state index >= 15 is 0 Å². The van der Waals surface area contributed by atoms with E-state index in [1.54, 1.807) is 0 Å². The summed E-state index contributed by atoms with van der Waals surface area (Å²) in [7, 11) is 0. The second kappa shape index (κ2) is 13.6. The Morgan fingerprint density at radius 3 is 1.96 bits per heavy atom. The number of unbranched alkanes of at least 4 members (excludes halogenated alkanes) is 10. The molecular formula is C21H38O2. The molecule has 0 saturated heterocycles. The summed E-state index contributed by atoms with van der Waals surface area (Å²) >= 11 is 0. The van der Waals surface area contributed by atoms with E-state index in [4.69, 9.17) is 0 Å². The highest BCUT2D eigenvalue weighted by Gasteiger charge is 2.35. The van der Waals surface area contributed by atoms with Crippen LogP contribution in [0.3, 0.4) is 0 Å². The zero-order chi connectivity index (χ0) is 16.8. The fraction of sp³-hybridized carbons (Fsp3) is 0.857. The Morgan fingerprint density at radius 1 is 0.913 bits per heavy atom. The predicted molar refractivity (Wildman–Crippen MR) is 98.7 cm³/mol. The maximum atomic E-state index is 11.1. The molecule has 1 rings (SSSR count). The topological polar surface area (TPSA) is 37.3 Å². The summed E-state index contributed by atoms with van der Waals surface area (Å²) in [5.41, 5.74) is 0. The quantitative estimate of drug-likeness (QED) is 0.252. The van der Waals surface area contributed by atoms with Gasteiger partial charge in [0, 0.05) is 0 Å². The van der Waals surface area contributed by atoms with E-state index in [1.165, 1.54) is 70.6 Å². The summed E-state index contributed by atoms with van der Waals surface area (Å²) < 4.78 is 0. The number of carbonyl (C=O) groups is 1. The van der Waals surface area contributed by atoms with Crippen molar-refractivity contribution >= 4 is 5.97 Å². The van der Waals surface area contributed by atoms with E-state index in [2.05, 4.69) is 19.1 Å². The van der Waals surface area contributed by atoms with E-state index in [0.29, 0.717) is 5.92 Å². The average molecular weight is 323 g/mol. The molecule has 0 amide bonds. The first-order valence-electron chi connectivity index (χ1n) is 10.1. The Hall–Kier alpha value is -0.790. The Balaban J connectivity index is 1.82. The summed E-state index contributed by atoms with van der Waals surface area (Å²) in [6.07, 6.45) is 23.4. The van der Waals surface area contributed by atoms with Crippen LogP contribution in [0.1, 0.15) is 103 Å². The fourth-order valence-corrected chi connectivity index (χ4v) is 3.32. The van der Waals surface area contributed by atoms with E-state index in [1.807, 2.05) is 0 Å². The maximum Gasteiger partial charge on any atom is 0.306 e. The first-order valence-corrected chi connectivity index (χ1v) is 10.1. The lowest BCUT2D eigenvalue weighted by Gasteiger charge is -2.10. The van der Waals surface area contributed by atoms with E-state index in [0.717, 1.165) is 25.7 Å². The molecule has 1 aliphatic rings. The number of hydrogen-bond acceptors (Lipinski definition) is 1. The molecule has 0 aliphatic heterocycles. The van der Waals surface area contributed by atoms with Crippen molar-refractivity contribution < 1.29 is 9.90 Å². The van der Waals surface area contributed by atoms with Gasteiger partial charge in [-0.05, 0) is 50.9 Å². The Morgan fingerprint density at radius 2 is 1.43 bits per heavy atom. The minimum absolute atomic E-state index is 0.0489. The Bertz CT molecular complexity index is 318. The van der Waals surface area contributed by atoms with E-state index < -0.39 is 5.97 Å². The molecular weight excluding hydrogens is 284 g/mol. The minimum atomic E-state index is -0.565. The van der Waals surface area contributed by atoms with Crippen LogP contribution in [0.25, 0.3) is 0 Å². The molecule has 1 saturated carbocycles. The van der Waals surface area contributed by atoms with Crippen LogP contribution in [0.4, 0.5) is 0 Å². The second-order valence-corrected chi connectivity index (χ2v) is 7.30. The van der Waals surface area contributed by atoms with Crippen molar-refractivity contribution in [2.75, 3.05) is 0 Å². The third-order valence-corrected chi connectivity index (χ3v) is 5.04. The highest BCUT2D eigenvalue weighted by Crippen LogP contribution is 2.39. The number of hydrogen-bond donors (Lipinski definition) is 1. The van der Waals surface area contributed by atoms with Crippen LogP contribution in [0, 0.1) is 11.8 Å². The Kier molecular flexibility index (Phi) is 12.0. The van der Waals surface area contributed by atoms with Gasteiger partial charge in [-0.25, -0.2) is 0 Å². The summed E-state index contributed by atoms with van der Waals surface area (Å²) in [4.78, 5) is 11.1. The van der Waals surface area contributed by atoms with Crippen molar-refractivity contribution in [3.63, 3.8) is 0 Å². The SMILES string of the molecule is CCCCCCCC/C=C\CCCCCCC(C(=O)O)C1CC1. The van der Waals surface area contributed by atoms with Gasteiger partial charge in [-0.1, -0.05) is 70.4 Å². The molecule has 2 nitrogen and oxygen atoms in total.